The number of fused-ring (bicyclic) bond motifs is 1. The van der Waals surface area contributed by atoms with Crippen molar-refractivity contribution in [2.45, 2.75) is 38.5 Å². The average Bonchev–Trinajstić information content (AvgIpc) is 3.05. The van der Waals surface area contributed by atoms with Crippen LogP contribution in [0.3, 0.4) is 0 Å². The Hall–Kier alpha value is -2.10. The van der Waals surface area contributed by atoms with Crippen LogP contribution in [0.1, 0.15) is 38.5 Å². The minimum Gasteiger partial charge on any atom is -0.489 e. The summed E-state index contributed by atoms with van der Waals surface area (Å²) in [6.45, 7) is 0.677. The van der Waals surface area contributed by atoms with Gasteiger partial charge in [0.25, 0.3) is 0 Å². The lowest BCUT2D eigenvalue weighted by Crippen LogP contribution is -2.27. The number of carbonyl (C=O) groups excluding carboxylic acids is 1. The number of hydrogen-bond acceptors (Lipinski definition) is 4. The Labute approximate surface area is 142 Å². The highest BCUT2D eigenvalue weighted by atomic mass is 16.6. The summed E-state index contributed by atoms with van der Waals surface area (Å²) < 4.78 is 11.2. The van der Waals surface area contributed by atoms with Gasteiger partial charge >= 0.3 is 5.97 Å². The second-order valence-corrected chi connectivity index (χ2v) is 7.14. The zero-order valence-electron chi connectivity index (χ0n) is 13.9. The molecule has 1 aromatic heterocycles. The van der Waals surface area contributed by atoms with Crippen LogP contribution >= 0.6 is 0 Å². The lowest BCUT2D eigenvalue weighted by molar-refractivity contribution is -0.149. The fourth-order valence-corrected chi connectivity index (χ4v) is 4.15. The van der Waals surface area contributed by atoms with Gasteiger partial charge in [-0.3, -0.25) is 9.78 Å². The molecule has 0 N–H and O–H groups in total. The number of hydrogen-bond donors (Lipinski definition) is 0. The highest BCUT2D eigenvalue weighted by Crippen LogP contribution is 2.55. The van der Waals surface area contributed by atoms with Gasteiger partial charge in [-0.15, -0.1) is 0 Å². The van der Waals surface area contributed by atoms with Gasteiger partial charge < -0.3 is 9.47 Å². The number of nitrogens with zero attached hydrogens (tertiary/aromatic N) is 1. The van der Waals surface area contributed by atoms with Crippen molar-refractivity contribution in [2.24, 2.45) is 11.3 Å². The first kappa shape index (κ1) is 15.4. The molecule has 1 spiro atoms. The van der Waals surface area contributed by atoms with Crippen LogP contribution < -0.4 is 4.74 Å². The lowest BCUT2D eigenvalue weighted by Gasteiger charge is -2.38. The Kier molecular flexibility index (Phi) is 4.13. The maximum absolute atomic E-state index is 12.2. The minimum absolute atomic E-state index is 0.0399. The molecule has 0 amide bonds. The molecule has 24 heavy (non-hydrogen) atoms. The molecule has 2 saturated carbocycles. The summed E-state index contributed by atoms with van der Waals surface area (Å²) >= 11 is 0. The van der Waals surface area contributed by atoms with Crippen molar-refractivity contribution in [3.8, 4) is 5.75 Å². The van der Waals surface area contributed by atoms with Gasteiger partial charge in [0.05, 0.1) is 11.4 Å². The Morgan fingerprint density at radius 2 is 2.04 bits per heavy atom. The van der Waals surface area contributed by atoms with E-state index >= 15 is 0 Å². The predicted molar refractivity (Wildman–Crippen MR) is 91.8 cm³/mol. The number of ether oxygens (including phenoxy) is 2. The summed E-state index contributed by atoms with van der Waals surface area (Å²) in [5, 5.41) is 0.981. The largest absolute Gasteiger partial charge is 0.489 e. The first-order valence-electron chi connectivity index (χ1n) is 8.89. The first-order chi connectivity index (χ1) is 11.8. The highest BCUT2D eigenvalue weighted by molar-refractivity contribution is 5.84. The molecule has 0 aliphatic heterocycles. The van der Waals surface area contributed by atoms with Crippen LogP contribution in [0.5, 0.6) is 5.75 Å². The van der Waals surface area contributed by atoms with E-state index in [4.69, 9.17) is 9.47 Å². The summed E-state index contributed by atoms with van der Waals surface area (Å²) in [5.41, 5.74) is 1.39. The van der Waals surface area contributed by atoms with Crippen molar-refractivity contribution in [2.75, 3.05) is 13.2 Å². The van der Waals surface area contributed by atoms with E-state index in [1.165, 1.54) is 25.7 Å². The van der Waals surface area contributed by atoms with Gasteiger partial charge in [-0.25, -0.2) is 0 Å². The summed E-state index contributed by atoms with van der Waals surface area (Å²) in [6, 6.07) is 9.71. The third kappa shape index (κ3) is 2.97. The molecular weight excluding hydrogens is 302 g/mol. The van der Waals surface area contributed by atoms with E-state index in [1.54, 1.807) is 6.20 Å². The van der Waals surface area contributed by atoms with Gasteiger partial charge in [0.2, 0.25) is 0 Å². The van der Waals surface area contributed by atoms with Crippen molar-refractivity contribution in [1.29, 1.82) is 0 Å². The molecule has 1 atom stereocenters. The summed E-state index contributed by atoms with van der Waals surface area (Å²) in [5.74, 6) is 0.847. The van der Waals surface area contributed by atoms with Crippen LogP contribution in [-0.2, 0) is 9.53 Å². The molecule has 1 aromatic carbocycles. The fraction of sp³-hybridized carbons (Fsp3) is 0.500. The normalized spacial score (nSPS) is 21.6. The maximum atomic E-state index is 12.2. The molecule has 1 unspecified atom stereocenters. The van der Waals surface area contributed by atoms with Crippen molar-refractivity contribution in [3.05, 3.63) is 36.5 Å². The standard InChI is InChI=1S/C20H23NO3/c22-19(15-6-10-20(14-15)8-3-9-20)24-13-12-23-18-7-11-21-17-5-2-1-4-16(17)18/h1-2,4-5,7,11,15H,3,6,8-10,12-14H2. The number of pyridine rings is 1. The molecule has 2 aliphatic rings. The molecule has 1 heterocycles. The summed E-state index contributed by atoms with van der Waals surface area (Å²) in [6.07, 6.45) is 8.89. The monoisotopic (exact) mass is 325 g/mol. The van der Waals surface area contributed by atoms with Gasteiger partial charge in [-0.2, -0.15) is 0 Å². The van der Waals surface area contributed by atoms with Crippen LogP contribution in [0.25, 0.3) is 10.9 Å². The zero-order chi connectivity index (χ0) is 16.4. The molecule has 0 radical (unpaired) electrons. The molecule has 2 fully saturated rings. The number of rotatable bonds is 5. The van der Waals surface area contributed by atoms with Crippen molar-refractivity contribution >= 4 is 16.9 Å². The smallest absolute Gasteiger partial charge is 0.309 e. The zero-order valence-corrected chi connectivity index (χ0v) is 13.9. The van der Waals surface area contributed by atoms with Crippen molar-refractivity contribution in [1.82, 2.24) is 4.98 Å². The van der Waals surface area contributed by atoms with Crippen LogP contribution in [0.2, 0.25) is 0 Å². The molecule has 2 aromatic rings. The number of benzene rings is 1. The van der Waals surface area contributed by atoms with Gasteiger partial charge in [-0.05, 0) is 55.7 Å². The van der Waals surface area contributed by atoms with Crippen molar-refractivity contribution in [3.63, 3.8) is 0 Å². The molecule has 4 heteroatoms. The second kappa shape index (κ2) is 6.42. The van der Waals surface area contributed by atoms with E-state index in [-0.39, 0.29) is 11.9 Å². The quantitative estimate of drug-likeness (QED) is 0.613. The average molecular weight is 325 g/mol. The van der Waals surface area contributed by atoms with Gasteiger partial charge in [0.1, 0.15) is 19.0 Å². The van der Waals surface area contributed by atoms with E-state index in [1.807, 2.05) is 30.3 Å². The Morgan fingerprint density at radius 1 is 1.17 bits per heavy atom. The minimum atomic E-state index is -0.0399. The van der Waals surface area contributed by atoms with Gasteiger partial charge in [0.15, 0.2) is 0 Å². The van der Waals surface area contributed by atoms with Crippen LogP contribution in [0.15, 0.2) is 36.5 Å². The molecule has 126 valence electrons. The molecule has 0 saturated heterocycles. The molecule has 4 nitrogen and oxygen atoms in total. The first-order valence-corrected chi connectivity index (χ1v) is 8.89. The van der Waals surface area contributed by atoms with Crippen LogP contribution in [0.4, 0.5) is 0 Å². The van der Waals surface area contributed by atoms with E-state index in [9.17, 15) is 4.79 Å². The Bertz CT molecular complexity index is 733. The van der Waals surface area contributed by atoms with Crippen LogP contribution in [-0.4, -0.2) is 24.2 Å². The fourth-order valence-electron chi connectivity index (χ4n) is 4.15. The van der Waals surface area contributed by atoms with Crippen LogP contribution in [0, 0.1) is 11.3 Å². The molecule has 4 rings (SSSR count). The van der Waals surface area contributed by atoms with Crippen molar-refractivity contribution < 1.29 is 14.3 Å². The predicted octanol–water partition coefficient (Wildman–Crippen LogP) is 4.13. The van der Waals surface area contributed by atoms with Gasteiger partial charge in [0, 0.05) is 11.6 Å². The molecule has 0 bridgehead atoms. The van der Waals surface area contributed by atoms with E-state index in [0.717, 1.165) is 29.5 Å². The topological polar surface area (TPSA) is 48.4 Å². The third-order valence-corrected chi connectivity index (χ3v) is 5.64. The third-order valence-electron chi connectivity index (χ3n) is 5.64. The molecule has 2 aliphatic carbocycles. The number of aromatic nitrogens is 1. The second-order valence-electron chi connectivity index (χ2n) is 7.14. The molecular formula is C20H23NO3. The van der Waals surface area contributed by atoms with E-state index in [0.29, 0.717) is 18.6 Å². The highest BCUT2D eigenvalue weighted by Gasteiger charge is 2.45. The van der Waals surface area contributed by atoms with E-state index in [2.05, 4.69) is 4.98 Å². The summed E-state index contributed by atoms with van der Waals surface area (Å²) in [7, 11) is 0. The van der Waals surface area contributed by atoms with E-state index < -0.39 is 0 Å². The van der Waals surface area contributed by atoms with Gasteiger partial charge in [-0.1, -0.05) is 18.6 Å². The number of esters is 1. The number of carbonyl (C=O) groups is 1. The number of para-hydroxylation sites is 1. The SMILES string of the molecule is O=C(OCCOc1ccnc2ccccc12)C1CCC2(CCC2)C1. The summed E-state index contributed by atoms with van der Waals surface area (Å²) in [4.78, 5) is 16.5. The maximum Gasteiger partial charge on any atom is 0.309 e. The Balaban J connectivity index is 1.26. The lowest BCUT2D eigenvalue weighted by atomic mass is 9.67. The Morgan fingerprint density at radius 3 is 2.83 bits per heavy atom.